The highest BCUT2D eigenvalue weighted by molar-refractivity contribution is 5.32. The van der Waals surface area contributed by atoms with Crippen LogP contribution < -0.4 is 11.3 Å². The van der Waals surface area contributed by atoms with E-state index in [0.717, 1.165) is 39.1 Å². The Bertz CT molecular complexity index is 498. The SMILES string of the molecule is Cc1ccc(C(NN)C2CCOC3(CCOC3)C2)cc1C. The molecule has 3 rings (SSSR count). The van der Waals surface area contributed by atoms with E-state index in [1.807, 2.05) is 0 Å². The van der Waals surface area contributed by atoms with E-state index in [1.165, 1.54) is 16.7 Å². The number of benzene rings is 1. The molecular formula is C17H26N2O2. The van der Waals surface area contributed by atoms with E-state index in [9.17, 15) is 0 Å². The highest BCUT2D eigenvalue weighted by atomic mass is 16.6. The second kappa shape index (κ2) is 6.05. The molecule has 1 aromatic carbocycles. The third-order valence-corrected chi connectivity index (χ3v) is 5.14. The summed E-state index contributed by atoms with van der Waals surface area (Å²) in [5.41, 5.74) is 6.89. The number of hydrazine groups is 1. The molecule has 0 saturated carbocycles. The molecule has 0 bridgehead atoms. The van der Waals surface area contributed by atoms with E-state index in [1.54, 1.807) is 0 Å². The highest BCUT2D eigenvalue weighted by Gasteiger charge is 2.43. The fourth-order valence-corrected chi connectivity index (χ4v) is 3.68. The minimum atomic E-state index is -0.0717. The molecular weight excluding hydrogens is 264 g/mol. The molecule has 2 aliphatic rings. The normalized spacial score (nSPS) is 30.7. The molecule has 3 atom stereocenters. The first-order chi connectivity index (χ1) is 10.1. The Morgan fingerprint density at radius 3 is 2.81 bits per heavy atom. The maximum atomic E-state index is 6.04. The van der Waals surface area contributed by atoms with E-state index in [2.05, 4.69) is 37.5 Å². The van der Waals surface area contributed by atoms with Crippen molar-refractivity contribution in [1.82, 2.24) is 5.43 Å². The number of ether oxygens (including phenoxy) is 2. The molecule has 3 unspecified atom stereocenters. The van der Waals surface area contributed by atoms with Crippen LogP contribution in [0.5, 0.6) is 0 Å². The molecule has 0 radical (unpaired) electrons. The van der Waals surface area contributed by atoms with Gasteiger partial charge in [0.25, 0.3) is 0 Å². The highest BCUT2D eigenvalue weighted by Crippen LogP contribution is 2.40. The van der Waals surface area contributed by atoms with Crippen molar-refractivity contribution >= 4 is 0 Å². The quantitative estimate of drug-likeness (QED) is 0.663. The van der Waals surface area contributed by atoms with Gasteiger partial charge in [-0.25, -0.2) is 0 Å². The molecule has 1 aromatic rings. The number of hydrogen-bond acceptors (Lipinski definition) is 4. The Hall–Kier alpha value is -0.940. The Kier molecular flexibility index (Phi) is 4.31. The van der Waals surface area contributed by atoms with Crippen LogP contribution in [0.4, 0.5) is 0 Å². The first-order valence-electron chi connectivity index (χ1n) is 7.88. The van der Waals surface area contributed by atoms with Gasteiger partial charge < -0.3 is 9.47 Å². The fourth-order valence-electron chi connectivity index (χ4n) is 3.68. The molecule has 2 heterocycles. The third-order valence-electron chi connectivity index (χ3n) is 5.14. The summed E-state index contributed by atoms with van der Waals surface area (Å²) in [6, 6.07) is 6.82. The molecule has 4 heteroatoms. The van der Waals surface area contributed by atoms with Crippen LogP contribution in [0.15, 0.2) is 18.2 Å². The van der Waals surface area contributed by atoms with Crippen LogP contribution >= 0.6 is 0 Å². The van der Waals surface area contributed by atoms with Gasteiger partial charge >= 0.3 is 0 Å². The topological polar surface area (TPSA) is 56.5 Å². The van der Waals surface area contributed by atoms with Gasteiger partial charge in [0.1, 0.15) is 0 Å². The summed E-state index contributed by atoms with van der Waals surface area (Å²) < 4.78 is 11.6. The zero-order chi connectivity index (χ0) is 14.9. The lowest BCUT2D eigenvalue weighted by atomic mass is 9.79. The van der Waals surface area contributed by atoms with E-state index < -0.39 is 0 Å². The van der Waals surface area contributed by atoms with Crippen molar-refractivity contribution in [3.8, 4) is 0 Å². The first-order valence-corrected chi connectivity index (χ1v) is 7.88. The summed E-state index contributed by atoms with van der Waals surface area (Å²) in [7, 11) is 0. The molecule has 0 aromatic heterocycles. The predicted molar refractivity (Wildman–Crippen MR) is 82.8 cm³/mol. The van der Waals surface area contributed by atoms with Crippen LogP contribution in [0.25, 0.3) is 0 Å². The predicted octanol–water partition coefficient (Wildman–Crippen LogP) is 2.39. The van der Waals surface area contributed by atoms with Crippen molar-refractivity contribution in [3.05, 3.63) is 34.9 Å². The lowest BCUT2D eigenvalue weighted by molar-refractivity contribution is -0.103. The van der Waals surface area contributed by atoms with Gasteiger partial charge in [-0.2, -0.15) is 0 Å². The molecule has 1 spiro atoms. The fraction of sp³-hybridized carbons (Fsp3) is 0.647. The van der Waals surface area contributed by atoms with Gasteiger partial charge in [0.2, 0.25) is 0 Å². The molecule has 0 aliphatic carbocycles. The number of nitrogens with two attached hydrogens (primary N) is 1. The first kappa shape index (κ1) is 15.0. The lowest BCUT2D eigenvalue weighted by Crippen LogP contribution is -2.45. The molecule has 116 valence electrons. The van der Waals surface area contributed by atoms with Crippen LogP contribution in [-0.2, 0) is 9.47 Å². The average molecular weight is 290 g/mol. The van der Waals surface area contributed by atoms with Gasteiger partial charge in [0.05, 0.1) is 12.2 Å². The van der Waals surface area contributed by atoms with Crippen LogP contribution in [0.1, 0.15) is 42.0 Å². The van der Waals surface area contributed by atoms with Crippen molar-refractivity contribution in [3.63, 3.8) is 0 Å². The van der Waals surface area contributed by atoms with E-state index in [4.69, 9.17) is 15.3 Å². The molecule has 2 saturated heterocycles. The van der Waals surface area contributed by atoms with Gasteiger partial charge in [-0.15, -0.1) is 0 Å². The van der Waals surface area contributed by atoms with E-state index in [0.29, 0.717) is 5.92 Å². The monoisotopic (exact) mass is 290 g/mol. The summed E-state index contributed by atoms with van der Waals surface area (Å²) in [5, 5.41) is 0. The van der Waals surface area contributed by atoms with Crippen LogP contribution in [-0.4, -0.2) is 25.4 Å². The zero-order valence-electron chi connectivity index (χ0n) is 13.0. The minimum Gasteiger partial charge on any atom is -0.378 e. The largest absolute Gasteiger partial charge is 0.378 e. The number of rotatable bonds is 3. The Balaban J connectivity index is 1.80. The van der Waals surface area contributed by atoms with Crippen molar-refractivity contribution in [2.75, 3.05) is 19.8 Å². The molecule has 21 heavy (non-hydrogen) atoms. The molecule has 0 amide bonds. The van der Waals surface area contributed by atoms with Crippen LogP contribution in [0.3, 0.4) is 0 Å². The van der Waals surface area contributed by atoms with Gasteiger partial charge in [-0.3, -0.25) is 11.3 Å². The van der Waals surface area contributed by atoms with Gasteiger partial charge in [-0.05, 0) is 49.3 Å². The van der Waals surface area contributed by atoms with Gasteiger partial charge in [-0.1, -0.05) is 18.2 Å². The number of hydrogen-bond donors (Lipinski definition) is 2. The summed E-state index contributed by atoms with van der Waals surface area (Å²) >= 11 is 0. The van der Waals surface area contributed by atoms with Gasteiger partial charge in [0.15, 0.2) is 0 Å². The molecule has 4 nitrogen and oxygen atoms in total. The summed E-state index contributed by atoms with van der Waals surface area (Å²) in [4.78, 5) is 0. The maximum absolute atomic E-state index is 6.04. The van der Waals surface area contributed by atoms with E-state index in [-0.39, 0.29) is 11.6 Å². The molecule has 2 aliphatic heterocycles. The Morgan fingerprint density at radius 1 is 1.29 bits per heavy atom. The molecule has 3 N–H and O–H groups in total. The van der Waals surface area contributed by atoms with Crippen molar-refractivity contribution in [1.29, 1.82) is 0 Å². The summed E-state index contributed by atoms with van der Waals surface area (Å²) in [6.45, 7) is 6.65. The summed E-state index contributed by atoms with van der Waals surface area (Å²) in [6.07, 6.45) is 3.08. The Labute approximate surface area is 127 Å². The van der Waals surface area contributed by atoms with Crippen LogP contribution in [0.2, 0.25) is 0 Å². The van der Waals surface area contributed by atoms with Gasteiger partial charge in [0, 0.05) is 25.7 Å². The van der Waals surface area contributed by atoms with E-state index >= 15 is 0 Å². The second-order valence-corrected chi connectivity index (χ2v) is 6.57. The summed E-state index contributed by atoms with van der Waals surface area (Å²) in [5.74, 6) is 6.38. The van der Waals surface area contributed by atoms with Crippen LogP contribution in [0, 0.1) is 19.8 Å². The van der Waals surface area contributed by atoms with Crippen molar-refractivity contribution < 1.29 is 9.47 Å². The number of aryl methyl sites for hydroxylation is 2. The van der Waals surface area contributed by atoms with Crippen molar-refractivity contribution in [2.45, 2.75) is 44.8 Å². The standard InChI is InChI=1S/C17H26N2O2/c1-12-3-4-14(9-13(12)2)16(19-18)15-5-7-21-17(10-15)6-8-20-11-17/h3-4,9,15-16,19H,5-8,10-11,18H2,1-2H3. The zero-order valence-corrected chi connectivity index (χ0v) is 13.0. The van der Waals surface area contributed by atoms with Crippen molar-refractivity contribution in [2.24, 2.45) is 11.8 Å². The third kappa shape index (κ3) is 2.99. The Morgan fingerprint density at radius 2 is 2.14 bits per heavy atom. The second-order valence-electron chi connectivity index (χ2n) is 6.57. The average Bonchev–Trinajstić information content (AvgIpc) is 2.91. The lowest BCUT2D eigenvalue weighted by Gasteiger charge is -2.40. The maximum Gasteiger partial charge on any atom is 0.0940 e. The number of nitrogens with one attached hydrogen (secondary N) is 1. The smallest absolute Gasteiger partial charge is 0.0940 e. The molecule has 2 fully saturated rings. The minimum absolute atomic E-state index is 0.0717.